The first-order valence-electron chi connectivity index (χ1n) is 8.76. The fraction of sp³-hybridized carbons (Fsp3) is 0.200. The molecule has 144 valence electrons. The number of para-hydroxylation sites is 1. The maximum absolute atomic E-state index is 13.1. The molecule has 0 unspecified atom stereocenters. The fourth-order valence-corrected chi connectivity index (χ4v) is 3.05. The van der Waals surface area contributed by atoms with Gasteiger partial charge in [0.05, 0.1) is 16.4 Å². The molecule has 0 saturated heterocycles. The summed E-state index contributed by atoms with van der Waals surface area (Å²) in [6.45, 7) is 2.29. The molecule has 0 aliphatic rings. The van der Waals surface area contributed by atoms with Crippen molar-refractivity contribution in [3.8, 4) is 5.69 Å². The Labute approximate surface area is 167 Å². The summed E-state index contributed by atoms with van der Waals surface area (Å²) in [6, 6.07) is 16.7. The van der Waals surface area contributed by atoms with E-state index in [1.165, 1.54) is 4.68 Å². The highest BCUT2D eigenvalue weighted by Crippen LogP contribution is 2.22. The molecule has 1 aromatic heterocycles. The third-order valence-corrected chi connectivity index (χ3v) is 4.63. The SMILES string of the molecule is Cc1c(C(=O)N(CCC(N)=O)Cc2ccccc2)nnn1-c1ccccc1Cl. The molecular weight excluding hydrogens is 378 g/mol. The average molecular weight is 398 g/mol. The Balaban J connectivity index is 1.90. The topological polar surface area (TPSA) is 94.1 Å². The monoisotopic (exact) mass is 397 g/mol. The molecule has 0 spiro atoms. The van der Waals surface area contributed by atoms with Gasteiger partial charge in [-0.25, -0.2) is 4.68 Å². The summed E-state index contributed by atoms with van der Waals surface area (Å²) >= 11 is 6.24. The molecule has 7 nitrogen and oxygen atoms in total. The second-order valence-corrected chi connectivity index (χ2v) is 6.72. The number of halogens is 1. The van der Waals surface area contributed by atoms with Crippen LogP contribution < -0.4 is 5.73 Å². The zero-order chi connectivity index (χ0) is 20.1. The number of benzene rings is 2. The smallest absolute Gasteiger partial charge is 0.276 e. The van der Waals surface area contributed by atoms with Gasteiger partial charge in [0.2, 0.25) is 5.91 Å². The van der Waals surface area contributed by atoms with Gasteiger partial charge in [0.25, 0.3) is 5.91 Å². The van der Waals surface area contributed by atoms with E-state index in [0.29, 0.717) is 22.9 Å². The molecule has 0 atom stereocenters. The average Bonchev–Trinajstić information content (AvgIpc) is 3.07. The molecule has 3 rings (SSSR count). The first-order chi connectivity index (χ1) is 13.5. The van der Waals surface area contributed by atoms with E-state index >= 15 is 0 Å². The number of nitrogens with two attached hydrogens (primary N) is 1. The van der Waals surface area contributed by atoms with E-state index in [0.717, 1.165) is 5.56 Å². The lowest BCUT2D eigenvalue weighted by molar-refractivity contribution is -0.118. The second kappa shape index (κ2) is 8.67. The molecule has 28 heavy (non-hydrogen) atoms. The Morgan fingerprint density at radius 2 is 1.79 bits per heavy atom. The van der Waals surface area contributed by atoms with Gasteiger partial charge in [0, 0.05) is 19.5 Å². The summed E-state index contributed by atoms with van der Waals surface area (Å²) in [7, 11) is 0. The maximum Gasteiger partial charge on any atom is 0.276 e. The standard InChI is InChI=1S/C20H20ClN5O2/c1-14-19(23-24-26(14)17-10-6-5-9-16(17)21)20(28)25(12-11-18(22)27)13-15-7-3-2-4-8-15/h2-10H,11-13H2,1H3,(H2,22,27). The van der Waals surface area contributed by atoms with Crippen LogP contribution in [0.15, 0.2) is 54.6 Å². The van der Waals surface area contributed by atoms with Gasteiger partial charge in [-0.05, 0) is 24.6 Å². The van der Waals surface area contributed by atoms with Crippen LogP contribution >= 0.6 is 11.6 Å². The van der Waals surface area contributed by atoms with Gasteiger partial charge in [-0.2, -0.15) is 0 Å². The highest BCUT2D eigenvalue weighted by molar-refractivity contribution is 6.32. The summed E-state index contributed by atoms with van der Waals surface area (Å²) in [5.74, 6) is -0.789. The lowest BCUT2D eigenvalue weighted by atomic mass is 10.2. The summed E-state index contributed by atoms with van der Waals surface area (Å²) in [5.41, 5.74) is 7.63. The lowest BCUT2D eigenvalue weighted by Crippen LogP contribution is -2.34. The Bertz CT molecular complexity index is 987. The third-order valence-electron chi connectivity index (χ3n) is 4.31. The highest BCUT2D eigenvalue weighted by Gasteiger charge is 2.24. The Morgan fingerprint density at radius 1 is 1.11 bits per heavy atom. The number of hydrogen-bond acceptors (Lipinski definition) is 4. The van der Waals surface area contributed by atoms with Gasteiger partial charge in [-0.1, -0.05) is 59.3 Å². The van der Waals surface area contributed by atoms with Gasteiger partial charge in [-0.15, -0.1) is 5.10 Å². The molecular formula is C20H20ClN5O2. The third kappa shape index (κ3) is 4.37. The van der Waals surface area contributed by atoms with Crippen molar-refractivity contribution >= 4 is 23.4 Å². The predicted molar refractivity (Wildman–Crippen MR) is 106 cm³/mol. The Hall–Kier alpha value is -3.19. The van der Waals surface area contributed by atoms with E-state index in [9.17, 15) is 9.59 Å². The summed E-state index contributed by atoms with van der Waals surface area (Å²) in [4.78, 5) is 25.9. The van der Waals surface area contributed by atoms with Gasteiger partial charge in [0.15, 0.2) is 5.69 Å². The molecule has 0 fully saturated rings. The van der Waals surface area contributed by atoms with Crippen LogP contribution in [0.5, 0.6) is 0 Å². The Morgan fingerprint density at radius 3 is 2.46 bits per heavy atom. The molecule has 0 bridgehead atoms. The molecule has 0 saturated carbocycles. The van der Waals surface area contributed by atoms with Crippen LogP contribution in [0.3, 0.4) is 0 Å². The zero-order valence-corrected chi connectivity index (χ0v) is 16.1. The van der Waals surface area contributed by atoms with Gasteiger partial charge < -0.3 is 10.6 Å². The molecule has 8 heteroatoms. The van der Waals surface area contributed by atoms with Crippen molar-refractivity contribution < 1.29 is 9.59 Å². The number of carbonyl (C=O) groups excluding carboxylic acids is 2. The maximum atomic E-state index is 13.1. The van der Waals surface area contributed by atoms with E-state index in [4.69, 9.17) is 17.3 Å². The van der Waals surface area contributed by atoms with Crippen molar-refractivity contribution in [3.05, 3.63) is 76.6 Å². The van der Waals surface area contributed by atoms with Gasteiger partial charge in [-0.3, -0.25) is 9.59 Å². The largest absolute Gasteiger partial charge is 0.370 e. The number of amides is 2. The molecule has 1 heterocycles. The van der Waals surface area contributed by atoms with E-state index in [1.54, 1.807) is 24.0 Å². The zero-order valence-electron chi connectivity index (χ0n) is 15.4. The van der Waals surface area contributed by atoms with E-state index in [-0.39, 0.29) is 24.6 Å². The summed E-state index contributed by atoms with van der Waals surface area (Å²) in [6.07, 6.45) is 0.0657. The molecule has 2 amide bonds. The molecule has 2 aromatic carbocycles. The number of carbonyl (C=O) groups is 2. The van der Waals surface area contributed by atoms with Crippen LogP contribution in [-0.2, 0) is 11.3 Å². The van der Waals surface area contributed by atoms with Crippen molar-refractivity contribution in [2.75, 3.05) is 6.54 Å². The minimum absolute atomic E-state index is 0.0657. The molecule has 0 radical (unpaired) electrons. The highest BCUT2D eigenvalue weighted by atomic mass is 35.5. The predicted octanol–water partition coefficient (Wildman–Crippen LogP) is 2.75. The van der Waals surface area contributed by atoms with Crippen molar-refractivity contribution in [1.82, 2.24) is 19.9 Å². The van der Waals surface area contributed by atoms with Crippen molar-refractivity contribution in [2.45, 2.75) is 19.9 Å². The van der Waals surface area contributed by atoms with Gasteiger partial charge in [0.1, 0.15) is 0 Å². The normalized spacial score (nSPS) is 10.6. The van der Waals surface area contributed by atoms with Crippen molar-refractivity contribution in [2.24, 2.45) is 5.73 Å². The fourth-order valence-electron chi connectivity index (χ4n) is 2.83. The van der Waals surface area contributed by atoms with Gasteiger partial charge >= 0.3 is 0 Å². The number of primary amides is 1. The first-order valence-corrected chi connectivity index (χ1v) is 9.14. The van der Waals surface area contributed by atoms with Crippen molar-refractivity contribution in [1.29, 1.82) is 0 Å². The van der Waals surface area contributed by atoms with Crippen LogP contribution in [0.2, 0.25) is 5.02 Å². The van der Waals surface area contributed by atoms with E-state index in [2.05, 4.69) is 10.3 Å². The van der Waals surface area contributed by atoms with Crippen molar-refractivity contribution in [3.63, 3.8) is 0 Å². The van der Waals surface area contributed by atoms with Crippen LogP contribution in [0.1, 0.15) is 28.2 Å². The first kappa shape index (κ1) is 19.6. The molecule has 2 N–H and O–H groups in total. The minimum atomic E-state index is -0.470. The molecule has 3 aromatic rings. The quantitative estimate of drug-likeness (QED) is 0.663. The van der Waals surface area contributed by atoms with E-state index in [1.807, 2.05) is 42.5 Å². The van der Waals surface area contributed by atoms with Crippen LogP contribution in [0.4, 0.5) is 0 Å². The number of aromatic nitrogens is 3. The Kier molecular flexibility index (Phi) is 6.06. The molecule has 0 aliphatic carbocycles. The number of hydrogen-bond donors (Lipinski definition) is 1. The number of nitrogens with zero attached hydrogens (tertiary/aromatic N) is 4. The molecule has 0 aliphatic heterocycles. The van der Waals surface area contributed by atoms with E-state index < -0.39 is 5.91 Å². The number of rotatable bonds is 7. The lowest BCUT2D eigenvalue weighted by Gasteiger charge is -2.21. The second-order valence-electron chi connectivity index (χ2n) is 6.32. The minimum Gasteiger partial charge on any atom is -0.370 e. The summed E-state index contributed by atoms with van der Waals surface area (Å²) in [5, 5.41) is 8.67. The van der Waals surface area contributed by atoms with Crippen LogP contribution in [0.25, 0.3) is 5.69 Å². The van der Waals surface area contributed by atoms with Crippen LogP contribution in [0, 0.1) is 6.92 Å². The summed E-state index contributed by atoms with van der Waals surface area (Å²) < 4.78 is 1.53. The van der Waals surface area contributed by atoms with Crippen LogP contribution in [-0.4, -0.2) is 38.3 Å².